The molecule has 0 saturated carbocycles. The zero-order valence-corrected chi connectivity index (χ0v) is 13.6. The minimum atomic E-state index is -0.738. The maximum atomic E-state index is 10.4. The molecule has 1 saturated heterocycles. The highest BCUT2D eigenvalue weighted by Crippen LogP contribution is 2.31. The smallest absolute Gasteiger partial charge is 0.303 e. The molecule has 0 spiro atoms. The lowest BCUT2D eigenvalue weighted by molar-refractivity contribution is -0.259. The number of hydrogen-bond acceptors (Lipinski definition) is 5. The largest absolute Gasteiger partial charge is 0.481 e. The van der Waals surface area contributed by atoms with Crippen molar-refractivity contribution >= 4 is 35.7 Å². The molecule has 0 amide bonds. The highest BCUT2D eigenvalue weighted by atomic mass is 35.5. The Hall–Kier alpha value is -1.21. The summed E-state index contributed by atoms with van der Waals surface area (Å²) >= 11 is 7.10. The van der Waals surface area contributed by atoms with Gasteiger partial charge in [0.1, 0.15) is 0 Å². The van der Waals surface area contributed by atoms with Gasteiger partial charge in [-0.15, -0.1) is 0 Å². The Labute approximate surface area is 139 Å². The number of carboxylic acid groups (broad SMARTS) is 1. The third kappa shape index (κ3) is 6.27. The lowest BCUT2D eigenvalue weighted by atomic mass is 10.1. The number of rotatable bonds is 8. The van der Waals surface area contributed by atoms with Crippen LogP contribution >= 0.6 is 23.6 Å². The van der Waals surface area contributed by atoms with Crippen LogP contribution in [0.1, 0.15) is 37.7 Å². The van der Waals surface area contributed by atoms with Crippen molar-refractivity contribution < 1.29 is 19.0 Å². The van der Waals surface area contributed by atoms with Crippen LogP contribution in [0.2, 0.25) is 5.02 Å². The average molecular weight is 344 g/mol. The number of carbonyl (C=O) groups is 1. The molecular weight excluding hydrogens is 326 g/mol. The molecule has 1 heterocycles. The first kappa shape index (κ1) is 17.1. The van der Waals surface area contributed by atoms with Crippen LogP contribution in [0.15, 0.2) is 29.4 Å². The summed E-state index contributed by atoms with van der Waals surface area (Å²) in [5, 5.41) is 11.3. The van der Waals surface area contributed by atoms with E-state index in [1.54, 1.807) is 0 Å². The molecule has 1 aromatic carbocycles. The molecule has 0 radical (unpaired) electrons. The van der Waals surface area contributed by atoms with Crippen molar-refractivity contribution in [1.29, 1.82) is 0 Å². The number of hydrogen-bond donors (Lipinski definition) is 1. The van der Waals surface area contributed by atoms with Crippen LogP contribution in [0.5, 0.6) is 0 Å². The van der Waals surface area contributed by atoms with Crippen LogP contribution in [0.4, 0.5) is 0 Å². The van der Waals surface area contributed by atoms with Crippen molar-refractivity contribution in [2.75, 3.05) is 6.54 Å². The first-order valence-electron chi connectivity index (χ1n) is 7.13. The van der Waals surface area contributed by atoms with Gasteiger partial charge in [0.15, 0.2) is 0 Å². The van der Waals surface area contributed by atoms with E-state index >= 15 is 0 Å². The summed E-state index contributed by atoms with van der Waals surface area (Å²) in [5.41, 5.74) is 0.953. The van der Waals surface area contributed by atoms with E-state index in [9.17, 15) is 4.79 Å². The summed E-state index contributed by atoms with van der Waals surface area (Å²) in [6, 6.07) is 7.49. The van der Waals surface area contributed by atoms with Crippen molar-refractivity contribution in [2.24, 2.45) is 0 Å². The molecule has 0 aliphatic carbocycles. The Balaban J connectivity index is 1.66. The van der Waals surface area contributed by atoms with Crippen molar-refractivity contribution in [1.82, 2.24) is 5.23 Å². The van der Waals surface area contributed by atoms with E-state index in [2.05, 4.69) is 0 Å². The first-order chi connectivity index (χ1) is 10.6. The van der Waals surface area contributed by atoms with Crippen LogP contribution in [0.25, 0.3) is 6.08 Å². The number of unbranched alkanes of at least 4 members (excludes halogenated alkanes) is 3. The van der Waals surface area contributed by atoms with Gasteiger partial charge in [0.25, 0.3) is 0 Å². The third-order valence-corrected chi connectivity index (χ3v) is 3.84. The van der Waals surface area contributed by atoms with Gasteiger partial charge in [-0.05, 0) is 41.8 Å². The molecule has 7 heteroatoms. The van der Waals surface area contributed by atoms with Gasteiger partial charge in [-0.25, -0.2) is 0 Å². The van der Waals surface area contributed by atoms with E-state index in [4.69, 9.17) is 25.8 Å². The van der Waals surface area contributed by atoms with Crippen molar-refractivity contribution in [3.63, 3.8) is 0 Å². The number of halogens is 1. The van der Waals surface area contributed by atoms with E-state index in [1.807, 2.05) is 30.3 Å². The Bertz CT molecular complexity index is 538. The van der Waals surface area contributed by atoms with Gasteiger partial charge >= 0.3 is 5.97 Å². The van der Waals surface area contributed by atoms with Gasteiger partial charge in [-0.2, -0.15) is 4.28 Å². The molecule has 1 aliphatic rings. The maximum absolute atomic E-state index is 10.4. The Kier molecular flexibility index (Phi) is 7.05. The predicted octanol–water partition coefficient (Wildman–Crippen LogP) is 4.50. The van der Waals surface area contributed by atoms with E-state index in [0.717, 1.165) is 24.8 Å². The fraction of sp³-hybridized carbons (Fsp3) is 0.400. The molecule has 0 atom stereocenters. The van der Waals surface area contributed by atoms with E-state index in [1.165, 1.54) is 17.3 Å². The minimum absolute atomic E-state index is 0.235. The van der Waals surface area contributed by atoms with E-state index < -0.39 is 5.97 Å². The Morgan fingerprint density at radius 3 is 2.91 bits per heavy atom. The van der Waals surface area contributed by atoms with Crippen LogP contribution in [-0.2, 0) is 13.9 Å². The highest BCUT2D eigenvalue weighted by Gasteiger charge is 2.20. The Morgan fingerprint density at radius 2 is 2.14 bits per heavy atom. The number of benzene rings is 1. The van der Waals surface area contributed by atoms with Gasteiger partial charge in [0.2, 0.25) is 5.09 Å². The summed E-state index contributed by atoms with van der Waals surface area (Å²) in [6.07, 6.45) is 5.56. The molecular formula is C15H18ClNO4S. The molecule has 1 fully saturated rings. The summed E-state index contributed by atoms with van der Waals surface area (Å²) in [7, 11) is 0. The summed E-state index contributed by atoms with van der Waals surface area (Å²) in [6.45, 7) is 0.646. The van der Waals surface area contributed by atoms with Gasteiger partial charge in [-0.3, -0.25) is 4.79 Å². The van der Waals surface area contributed by atoms with Crippen LogP contribution < -0.4 is 0 Å². The number of carboxylic acids is 1. The van der Waals surface area contributed by atoms with E-state index in [-0.39, 0.29) is 6.42 Å². The highest BCUT2D eigenvalue weighted by molar-refractivity contribution is 7.98. The zero-order chi connectivity index (χ0) is 15.8. The number of nitrogens with zero attached hydrogens (tertiary/aromatic N) is 1. The normalized spacial score (nSPS) is 16.9. The van der Waals surface area contributed by atoms with Gasteiger partial charge in [-0.1, -0.05) is 36.6 Å². The maximum Gasteiger partial charge on any atom is 0.303 e. The lowest BCUT2D eigenvalue weighted by Crippen LogP contribution is -2.16. The fourth-order valence-corrected chi connectivity index (χ4v) is 2.70. The van der Waals surface area contributed by atoms with Crippen LogP contribution in [-0.4, -0.2) is 22.8 Å². The summed E-state index contributed by atoms with van der Waals surface area (Å²) in [4.78, 5) is 15.9. The van der Waals surface area contributed by atoms with Gasteiger partial charge in [0.05, 0.1) is 18.6 Å². The van der Waals surface area contributed by atoms with Gasteiger partial charge in [0, 0.05) is 11.4 Å². The molecule has 0 bridgehead atoms. The quantitative estimate of drug-likeness (QED) is 0.554. The minimum Gasteiger partial charge on any atom is -0.481 e. The first-order valence-corrected chi connectivity index (χ1v) is 8.24. The molecule has 1 N–H and O–H groups in total. The topological polar surface area (TPSA) is 59.0 Å². The monoisotopic (exact) mass is 343 g/mol. The zero-order valence-electron chi connectivity index (χ0n) is 12.0. The summed E-state index contributed by atoms with van der Waals surface area (Å²) in [5.74, 6) is -0.738. The molecule has 22 heavy (non-hydrogen) atoms. The second kappa shape index (κ2) is 9.05. The second-order valence-electron chi connectivity index (χ2n) is 4.88. The predicted molar refractivity (Wildman–Crippen MR) is 86.6 cm³/mol. The number of aliphatic carboxylic acids is 1. The lowest BCUT2D eigenvalue weighted by Gasteiger charge is -2.09. The average Bonchev–Trinajstić information content (AvgIpc) is 2.90. The Morgan fingerprint density at radius 1 is 1.32 bits per heavy atom. The molecule has 5 nitrogen and oxygen atoms in total. The van der Waals surface area contributed by atoms with Crippen molar-refractivity contribution in [3.8, 4) is 0 Å². The number of hydroxylamine groups is 2. The van der Waals surface area contributed by atoms with Crippen molar-refractivity contribution in [3.05, 3.63) is 39.9 Å². The van der Waals surface area contributed by atoms with Crippen LogP contribution in [0, 0.1) is 0 Å². The standard InChI is InChI=1S/C15H18ClNO4S/c16-13-7-5-6-12(10-13)11-15-20-17(21-22-15)9-4-2-1-3-8-14(18)19/h5-7,10-11H,1-4,8-9H2,(H,18,19)/b15-11-. The summed E-state index contributed by atoms with van der Waals surface area (Å²) < 4.78 is 5.35. The molecule has 0 unspecified atom stereocenters. The SMILES string of the molecule is O=C(O)CCCCCCN1OS/C(=C\c2cccc(Cl)c2)O1. The van der Waals surface area contributed by atoms with E-state index in [0.29, 0.717) is 23.1 Å². The molecule has 1 aliphatic heterocycles. The molecule has 0 aromatic heterocycles. The fourth-order valence-electron chi connectivity index (χ4n) is 1.95. The third-order valence-electron chi connectivity index (χ3n) is 3.01. The van der Waals surface area contributed by atoms with Crippen molar-refractivity contribution in [2.45, 2.75) is 32.1 Å². The molecule has 120 valence electrons. The van der Waals surface area contributed by atoms with Crippen LogP contribution in [0.3, 0.4) is 0 Å². The van der Waals surface area contributed by atoms with Gasteiger partial charge < -0.3 is 9.94 Å². The second-order valence-corrected chi connectivity index (χ2v) is 6.04. The molecule has 1 aromatic rings. The molecule has 2 rings (SSSR count).